The lowest BCUT2D eigenvalue weighted by Crippen LogP contribution is -2.49. The minimum Gasteiger partial charge on any atom is -0.480 e. The van der Waals surface area contributed by atoms with Crippen LogP contribution in [0.1, 0.15) is 6.92 Å². The third-order valence-electron chi connectivity index (χ3n) is 4.91. The van der Waals surface area contributed by atoms with Crippen molar-refractivity contribution in [3.63, 3.8) is 0 Å². The second-order valence-corrected chi connectivity index (χ2v) is 7.09. The zero-order valence-electron chi connectivity index (χ0n) is 16.2. The Morgan fingerprint density at radius 2 is 2.03 bits per heavy atom. The summed E-state index contributed by atoms with van der Waals surface area (Å²) in [6.07, 6.45) is -4.71. The van der Waals surface area contributed by atoms with Gasteiger partial charge in [-0.3, -0.25) is 5.32 Å². The summed E-state index contributed by atoms with van der Waals surface area (Å²) in [6.45, 7) is 0.923. The van der Waals surface area contributed by atoms with Crippen LogP contribution in [0.2, 0.25) is 0 Å². The number of nitrogens with zero attached hydrogens (tertiary/aromatic N) is 4. The first-order valence-electron chi connectivity index (χ1n) is 9.09. The van der Waals surface area contributed by atoms with Crippen LogP contribution in [0.15, 0.2) is 6.33 Å². The number of carboxylic acid groups (broad SMARTS) is 1. The monoisotopic (exact) mass is 428 g/mol. The maximum absolute atomic E-state index is 12.2. The molecule has 0 saturated carbocycles. The number of aliphatic hydroxyl groups excluding tert-OH is 4. The molecule has 0 unspecified atom stereocenters. The number of hydrogen-bond donors (Lipinski definition) is 7. The molecule has 1 aromatic heterocycles. The molecule has 30 heavy (non-hydrogen) atoms. The van der Waals surface area contributed by atoms with Gasteiger partial charge in [0.2, 0.25) is 0 Å². The van der Waals surface area contributed by atoms with E-state index in [9.17, 15) is 30.0 Å². The van der Waals surface area contributed by atoms with E-state index in [0.717, 1.165) is 6.33 Å². The van der Waals surface area contributed by atoms with E-state index in [4.69, 9.17) is 9.84 Å². The molecular formula is C16H24N6O8. The summed E-state index contributed by atoms with van der Waals surface area (Å²) in [5, 5.41) is 52.8. The highest BCUT2D eigenvalue weighted by molar-refractivity contribution is 5.96. The number of fused-ring (bicyclic) bond motifs is 1. The smallest absolute Gasteiger partial charge is 0.328 e. The third kappa shape index (κ3) is 3.95. The fraction of sp³-hybridized carbons (Fsp3) is 0.625. The highest BCUT2D eigenvalue weighted by Gasteiger charge is 2.48. The van der Waals surface area contributed by atoms with Gasteiger partial charge in [-0.05, 0) is 6.92 Å². The normalized spacial score (nSPS) is 27.5. The molecule has 1 fully saturated rings. The van der Waals surface area contributed by atoms with Gasteiger partial charge >= 0.3 is 12.0 Å². The number of ether oxygens (including phenoxy) is 1. The Morgan fingerprint density at radius 1 is 1.33 bits per heavy atom. The van der Waals surface area contributed by atoms with Gasteiger partial charge in [-0.15, -0.1) is 0 Å². The Morgan fingerprint density at radius 3 is 2.60 bits per heavy atom. The molecule has 3 rings (SSSR count). The molecule has 14 heteroatoms. The predicted molar refractivity (Wildman–Crippen MR) is 101 cm³/mol. The average molecular weight is 428 g/mol. The van der Waals surface area contributed by atoms with Gasteiger partial charge < -0.3 is 45.4 Å². The summed E-state index contributed by atoms with van der Waals surface area (Å²) in [5.74, 6) is -1.05. The van der Waals surface area contributed by atoms with Gasteiger partial charge in [0.25, 0.3) is 0 Å². The SMILES string of the molecule is C[C@@H](O)[C@H](NC(=O)Nc1ncnc2c1N(C)CN2[C@@H]1O[C@H](CO)[C@@H](O)[C@H]1O)C(=O)O. The molecule has 166 valence electrons. The van der Waals surface area contributed by atoms with Gasteiger partial charge in [-0.1, -0.05) is 0 Å². The van der Waals surface area contributed by atoms with Gasteiger partial charge in [0.1, 0.15) is 30.3 Å². The number of amides is 2. The first-order valence-corrected chi connectivity index (χ1v) is 9.09. The molecule has 0 aromatic carbocycles. The summed E-state index contributed by atoms with van der Waals surface area (Å²) < 4.78 is 5.55. The lowest BCUT2D eigenvalue weighted by Gasteiger charge is -2.27. The zero-order valence-corrected chi connectivity index (χ0v) is 16.2. The molecule has 2 aliphatic heterocycles. The predicted octanol–water partition coefficient (Wildman–Crippen LogP) is -2.92. The summed E-state index contributed by atoms with van der Waals surface area (Å²) in [4.78, 5) is 34.8. The van der Waals surface area contributed by atoms with Crippen LogP contribution in [0.25, 0.3) is 0 Å². The van der Waals surface area contributed by atoms with E-state index in [0.29, 0.717) is 11.5 Å². The molecule has 3 heterocycles. The number of aliphatic hydroxyl groups is 4. The van der Waals surface area contributed by atoms with Crippen molar-refractivity contribution in [2.24, 2.45) is 0 Å². The van der Waals surface area contributed by atoms with Gasteiger partial charge in [-0.25, -0.2) is 19.6 Å². The molecule has 14 nitrogen and oxygen atoms in total. The number of aromatic nitrogens is 2. The molecule has 0 spiro atoms. The maximum Gasteiger partial charge on any atom is 0.328 e. The number of carboxylic acids is 1. The summed E-state index contributed by atoms with van der Waals surface area (Å²) in [6, 6.07) is -2.42. The molecule has 1 saturated heterocycles. The van der Waals surface area contributed by atoms with Crippen molar-refractivity contribution in [1.29, 1.82) is 0 Å². The summed E-state index contributed by atoms with van der Waals surface area (Å²) in [7, 11) is 1.67. The van der Waals surface area contributed by atoms with Gasteiger partial charge in [-0.2, -0.15) is 0 Å². The Balaban J connectivity index is 1.81. The van der Waals surface area contributed by atoms with Crippen molar-refractivity contribution in [3.8, 4) is 0 Å². The lowest BCUT2D eigenvalue weighted by molar-refractivity contribution is -0.141. The molecule has 6 atom stereocenters. The van der Waals surface area contributed by atoms with Crippen molar-refractivity contribution in [1.82, 2.24) is 15.3 Å². The number of hydrogen-bond acceptors (Lipinski definition) is 11. The van der Waals surface area contributed by atoms with Crippen LogP contribution in [0.3, 0.4) is 0 Å². The second-order valence-electron chi connectivity index (χ2n) is 7.09. The largest absolute Gasteiger partial charge is 0.480 e. The topological polar surface area (TPSA) is 201 Å². The van der Waals surface area contributed by atoms with Crippen LogP contribution >= 0.6 is 0 Å². The van der Waals surface area contributed by atoms with Crippen molar-refractivity contribution in [3.05, 3.63) is 6.33 Å². The quantitative estimate of drug-likeness (QED) is 0.244. The van der Waals surface area contributed by atoms with E-state index >= 15 is 0 Å². The molecule has 0 radical (unpaired) electrons. The number of anilines is 3. The van der Waals surface area contributed by atoms with Crippen LogP contribution in [-0.2, 0) is 9.53 Å². The number of rotatable bonds is 6. The maximum atomic E-state index is 12.2. The van der Waals surface area contributed by atoms with Crippen LogP contribution in [-0.4, -0.2) is 105 Å². The third-order valence-corrected chi connectivity index (χ3v) is 4.91. The van der Waals surface area contributed by atoms with Gasteiger partial charge in [0, 0.05) is 7.05 Å². The van der Waals surface area contributed by atoms with Crippen LogP contribution in [0.4, 0.5) is 22.1 Å². The molecular weight excluding hydrogens is 404 g/mol. The van der Waals surface area contributed by atoms with Crippen molar-refractivity contribution in [2.75, 3.05) is 35.4 Å². The number of urea groups is 1. The lowest BCUT2D eigenvalue weighted by atomic mass is 10.1. The van der Waals surface area contributed by atoms with Crippen molar-refractivity contribution in [2.45, 2.75) is 43.6 Å². The van der Waals surface area contributed by atoms with E-state index in [-0.39, 0.29) is 12.5 Å². The number of nitrogens with one attached hydrogen (secondary N) is 2. The number of aliphatic carboxylic acids is 1. The molecule has 2 amide bonds. The fourth-order valence-electron chi connectivity index (χ4n) is 3.40. The van der Waals surface area contributed by atoms with E-state index in [1.165, 1.54) is 6.92 Å². The van der Waals surface area contributed by atoms with Crippen molar-refractivity contribution < 1.29 is 39.9 Å². The molecule has 7 N–H and O–H groups in total. The van der Waals surface area contributed by atoms with Gasteiger partial charge in [0.15, 0.2) is 23.9 Å². The molecule has 1 aromatic rings. The number of carbonyl (C=O) groups excluding carboxylic acids is 1. The van der Waals surface area contributed by atoms with E-state index in [1.54, 1.807) is 16.8 Å². The summed E-state index contributed by atoms with van der Waals surface area (Å²) in [5.41, 5.74) is 0.370. The minimum absolute atomic E-state index is 0.0592. The first kappa shape index (κ1) is 21.9. The van der Waals surface area contributed by atoms with Crippen LogP contribution in [0.5, 0.6) is 0 Å². The van der Waals surface area contributed by atoms with E-state index in [2.05, 4.69) is 20.6 Å². The number of carbonyl (C=O) groups is 2. The Bertz CT molecular complexity index is 810. The van der Waals surface area contributed by atoms with E-state index in [1.807, 2.05) is 0 Å². The van der Waals surface area contributed by atoms with Crippen LogP contribution in [0, 0.1) is 0 Å². The fourth-order valence-corrected chi connectivity index (χ4v) is 3.40. The average Bonchev–Trinajstić information content (AvgIpc) is 3.17. The summed E-state index contributed by atoms with van der Waals surface area (Å²) >= 11 is 0. The zero-order chi connectivity index (χ0) is 22.2. The Labute approximate surface area is 170 Å². The first-order chi connectivity index (χ1) is 14.1. The standard InChI is InChI=1S/C16H24N6O8/c1-6(24)8(15(27)28)19-16(29)20-12-9-13(18-4-17-12)22(5-21(9)2)14-11(26)10(25)7(3-23)30-14/h4,6-8,10-11,14,23-26H,3,5H2,1-2H3,(H,27,28)(H2,17,18,19,20,29)/t6-,7-,8+,10-,11-,14-/m1/s1. The van der Waals surface area contributed by atoms with Crippen molar-refractivity contribution >= 4 is 29.3 Å². The minimum atomic E-state index is -1.52. The van der Waals surface area contributed by atoms with Gasteiger partial charge in [0.05, 0.1) is 19.4 Å². The Hall–Kier alpha value is -2.78. The molecule has 2 aliphatic rings. The second kappa shape index (κ2) is 8.53. The van der Waals surface area contributed by atoms with E-state index < -0.39 is 55.3 Å². The Kier molecular flexibility index (Phi) is 6.23. The highest BCUT2D eigenvalue weighted by atomic mass is 16.6. The highest BCUT2D eigenvalue weighted by Crippen LogP contribution is 2.41. The molecule has 0 bridgehead atoms. The molecule has 0 aliphatic carbocycles. The van der Waals surface area contributed by atoms with Crippen LogP contribution < -0.4 is 20.4 Å².